The van der Waals surface area contributed by atoms with Crippen LogP contribution in [0, 0.1) is 5.92 Å². The zero-order valence-electron chi connectivity index (χ0n) is 14.4. The minimum atomic E-state index is -0.302. The first-order chi connectivity index (χ1) is 11.0. The van der Waals surface area contributed by atoms with Gasteiger partial charge in [0.05, 0.1) is 0 Å². The molecule has 1 heterocycles. The molecule has 23 heavy (non-hydrogen) atoms. The lowest BCUT2D eigenvalue weighted by Gasteiger charge is -2.23. The minimum absolute atomic E-state index is 0.0246. The van der Waals surface area contributed by atoms with E-state index in [4.69, 9.17) is 4.74 Å². The van der Waals surface area contributed by atoms with Crippen LogP contribution in [0.1, 0.15) is 46.5 Å². The van der Waals surface area contributed by atoms with Crippen LogP contribution in [0.25, 0.3) is 0 Å². The van der Waals surface area contributed by atoms with Crippen LogP contribution in [0.4, 0.5) is 0 Å². The Morgan fingerprint density at radius 3 is 2.70 bits per heavy atom. The van der Waals surface area contributed by atoms with Crippen LogP contribution in [0.15, 0.2) is 35.5 Å². The molecule has 1 aliphatic carbocycles. The summed E-state index contributed by atoms with van der Waals surface area (Å²) in [4.78, 5) is 26.3. The van der Waals surface area contributed by atoms with Crippen molar-refractivity contribution in [3.63, 3.8) is 0 Å². The molecule has 2 rings (SSSR count). The van der Waals surface area contributed by atoms with Crippen LogP contribution in [0.5, 0.6) is 0 Å². The van der Waals surface area contributed by atoms with E-state index < -0.39 is 0 Å². The van der Waals surface area contributed by atoms with Gasteiger partial charge in [0, 0.05) is 30.2 Å². The number of likely N-dealkylation sites (N-methyl/N-ethyl adjacent to an activating group) is 1. The standard InChI is InChI=1S/C19H27NO3/c1-5-20(6-2)18(21)15-9-7-8-13(3)12-17-16(11-10-15)14(4)19(22)23-17/h9,12,16-17H,4-8,10-11H2,1-3H3/t16-,17+/m0/s1. The van der Waals surface area contributed by atoms with Crippen molar-refractivity contribution in [3.05, 3.63) is 35.5 Å². The third kappa shape index (κ3) is 3.92. The summed E-state index contributed by atoms with van der Waals surface area (Å²) in [5.74, 6) is -0.211. The molecule has 1 fully saturated rings. The summed E-state index contributed by atoms with van der Waals surface area (Å²) in [5, 5.41) is 0. The smallest absolute Gasteiger partial charge is 0.334 e. The number of hydrogen-bond acceptors (Lipinski definition) is 3. The first kappa shape index (κ1) is 17.5. The fourth-order valence-corrected chi connectivity index (χ4v) is 3.28. The molecule has 0 saturated carbocycles. The molecule has 0 spiro atoms. The van der Waals surface area contributed by atoms with Crippen LogP contribution >= 0.6 is 0 Å². The van der Waals surface area contributed by atoms with Gasteiger partial charge in [-0.05, 0) is 52.5 Å². The number of carbonyl (C=O) groups is 2. The molecule has 4 heteroatoms. The largest absolute Gasteiger partial charge is 0.454 e. The van der Waals surface area contributed by atoms with Crippen molar-refractivity contribution in [2.45, 2.75) is 52.6 Å². The Bertz CT molecular complexity index is 555. The van der Waals surface area contributed by atoms with E-state index in [0.717, 1.165) is 24.8 Å². The molecule has 0 aromatic heterocycles. The van der Waals surface area contributed by atoms with Crippen LogP contribution in [-0.4, -0.2) is 36.0 Å². The van der Waals surface area contributed by atoms with E-state index in [1.165, 1.54) is 5.57 Å². The monoisotopic (exact) mass is 317 g/mol. The summed E-state index contributed by atoms with van der Waals surface area (Å²) in [7, 11) is 0. The number of fused-ring (bicyclic) bond motifs is 1. The van der Waals surface area contributed by atoms with Crippen molar-refractivity contribution >= 4 is 11.9 Å². The lowest BCUT2D eigenvalue weighted by Crippen LogP contribution is -2.32. The second kappa shape index (κ2) is 7.62. The Labute approximate surface area is 138 Å². The van der Waals surface area contributed by atoms with Crippen molar-refractivity contribution in [2.75, 3.05) is 13.1 Å². The fourth-order valence-electron chi connectivity index (χ4n) is 3.28. The van der Waals surface area contributed by atoms with Crippen LogP contribution in [0.3, 0.4) is 0 Å². The molecule has 0 N–H and O–H groups in total. The van der Waals surface area contributed by atoms with Crippen molar-refractivity contribution in [1.82, 2.24) is 4.90 Å². The topological polar surface area (TPSA) is 46.6 Å². The van der Waals surface area contributed by atoms with Crippen molar-refractivity contribution in [2.24, 2.45) is 5.92 Å². The number of rotatable bonds is 3. The quantitative estimate of drug-likeness (QED) is 0.455. The van der Waals surface area contributed by atoms with Crippen LogP contribution in [-0.2, 0) is 14.3 Å². The molecule has 1 aliphatic heterocycles. The lowest BCUT2D eigenvalue weighted by atomic mass is 9.87. The Hall–Kier alpha value is -1.84. The summed E-state index contributed by atoms with van der Waals surface area (Å²) in [6, 6.07) is 0. The number of hydrogen-bond donors (Lipinski definition) is 0. The normalized spacial score (nSPS) is 25.2. The Morgan fingerprint density at radius 1 is 1.35 bits per heavy atom. The SMILES string of the molecule is C=C1C(=O)O[C@@H]2C=C(C)CCC=C(C(=O)N(CC)CC)CC[C@@H]12. The van der Waals surface area contributed by atoms with Gasteiger partial charge in [-0.3, -0.25) is 4.79 Å². The van der Waals surface area contributed by atoms with E-state index in [1.807, 2.05) is 31.7 Å². The Morgan fingerprint density at radius 2 is 2.04 bits per heavy atom. The van der Waals surface area contributed by atoms with Gasteiger partial charge in [0.1, 0.15) is 6.10 Å². The van der Waals surface area contributed by atoms with Gasteiger partial charge >= 0.3 is 5.97 Å². The number of allylic oxidation sites excluding steroid dienone is 2. The first-order valence-electron chi connectivity index (χ1n) is 8.53. The van der Waals surface area contributed by atoms with E-state index in [9.17, 15) is 9.59 Å². The molecule has 126 valence electrons. The predicted octanol–water partition coefficient (Wildman–Crippen LogP) is 3.40. The number of esters is 1. The van der Waals surface area contributed by atoms with Crippen molar-refractivity contribution < 1.29 is 14.3 Å². The van der Waals surface area contributed by atoms with Crippen molar-refractivity contribution in [1.29, 1.82) is 0 Å². The van der Waals surface area contributed by atoms with Gasteiger partial charge in [-0.2, -0.15) is 0 Å². The summed E-state index contributed by atoms with van der Waals surface area (Å²) in [6.45, 7) is 11.4. The van der Waals surface area contributed by atoms with Crippen molar-refractivity contribution in [3.8, 4) is 0 Å². The van der Waals surface area contributed by atoms with E-state index in [1.54, 1.807) is 0 Å². The first-order valence-corrected chi connectivity index (χ1v) is 8.53. The second-order valence-corrected chi connectivity index (χ2v) is 6.30. The number of nitrogens with zero attached hydrogens (tertiary/aromatic N) is 1. The Balaban J connectivity index is 2.22. The summed E-state index contributed by atoms with van der Waals surface area (Å²) in [5.41, 5.74) is 2.58. The molecule has 2 atom stereocenters. The number of carbonyl (C=O) groups excluding carboxylic acids is 2. The van der Waals surface area contributed by atoms with E-state index in [2.05, 4.69) is 12.7 Å². The Kier molecular flexibility index (Phi) is 5.80. The van der Waals surface area contributed by atoms with Gasteiger partial charge in [-0.15, -0.1) is 0 Å². The summed E-state index contributed by atoms with van der Waals surface area (Å²) < 4.78 is 5.44. The zero-order valence-corrected chi connectivity index (χ0v) is 14.4. The van der Waals surface area contributed by atoms with Gasteiger partial charge in [0.2, 0.25) is 5.91 Å². The highest BCUT2D eigenvalue weighted by molar-refractivity contribution is 5.93. The lowest BCUT2D eigenvalue weighted by molar-refractivity contribution is -0.137. The van der Waals surface area contributed by atoms with Gasteiger partial charge in [-0.1, -0.05) is 18.2 Å². The molecule has 0 aromatic rings. The number of ether oxygens (including phenoxy) is 1. The molecule has 0 bridgehead atoms. The molecule has 4 nitrogen and oxygen atoms in total. The highest BCUT2D eigenvalue weighted by atomic mass is 16.5. The van der Waals surface area contributed by atoms with Crippen LogP contribution in [0.2, 0.25) is 0 Å². The number of amides is 1. The molecule has 2 aliphatic rings. The molecule has 1 amide bonds. The summed E-state index contributed by atoms with van der Waals surface area (Å²) in [6.07, 6.45) is 7.00. The van der Waals surface area contributed by atoms with E-state index >= 15 is 0 Å². The maximum atomic E-state index is 12.7. The maximum Gasteiger partial charge on any atom is 0.334 e. The molecule has 1 saturated heterocycles. The van der Waals surface area contributed by atoms with Gasteiger partial charge in [0.25, 0.3) is 0 Å². The molecular weight excluding hydrogens is 290 g/mol. The van der Waals surface area contributed by atoms with E-state index in [0.29, 0.717) is 25.1 Å². The third-order valence-electron chi connectivity index (χ3n) is 4.78. The minimum Gasteiger partial charge on any atom is -0.454 e. The predicted molar refractivity (Wildman–Crippen MR) is 90.7 cm³/mol. The molecular formula is C19H27NO3. The average Bonchev–Trinajstić information content (AvgIpc) is 2.78. The molecule has 0 radical (unpaired) electrons. The molecule has 0 unspecified atom stereocenters. The van der Waals surface area contributed by atoms with Gasteiger partial charge in [0.15, 0.2) is 0 Å². The second-order valence-electron chi connectivity index (χ2n) is 6.30. The van der Waals surface area contributed by atoms with Gasteiger partial charge < -0.3 is 9.64 Å². The summed E-state index contributed by atoms with van der Waals surface area (Å²) >= 11 is 0. The molecule has 0 aromatic carbocycles. The van der Waals surface area contributed by atoms with E-state index in [-0.39, 0.29) is 23.9 Å². The highest BCUT2D eigenvalue weighted by Gasteiger charge is 2.37. The van der Waals surface area contributed by atoms with Crippen LogP contribution < -0.4 is 0 Å². The average molecular weight is 317 g/mol. The zero-order chi connectivity index (χ0) is 17.0. The highest BCUT2D eigenvalue weighted by Crippen LogP contribution is 2.34. The fraction of sp³-hybridized carbons (Fsp3) is 0.579. The van der Waals surface area contributed by atoms with Gasteiger partial charge in [-0.25, -0.2) is 4.79 Å². The maximum absolute atomic E-state index is 12.7. The third-order valence-corrected chi connectivity index (χ3v) is 4.78.